The van der Waals surface area contributed by atoms with Gasteiger partial charge in [-0.1, -0.05) is 19.1 Å². The first kappa shape index (κ1) is 16.8. The molecule has 0 radical (unpaired) electrons. The van der Waals surface area contributed by atoms with Crippen molar-refractivity contribution < 1.29 is 19.6 Å². The van der Waals surface area contributed by atoms with Crippen LogP contribution in [0.5, 0.6) is 0 Å². The Labute approximate surface area is 144 Å². The van der Waals surface area contributed by atoms with Crippen LogP contribution >= 0.6 is 0 Å². The summed E-state index contributed by atoms with van der Waals surface area (Å²) in [6.07, 6.45) is 9.13. The molecule has 4 aliphatic rings. The van der Waals surface area contributed by atoms with Crippen molar-refractivity contribution in [1.29, 1.82) is 0 Å². The van der Waals surface area contributed by atoms with Crippen LogP contribution in [0.3, 0.4) is 0 Å². The monoisotopic (exact) mass is 334 g/mol. The first-order chi connectivity index (χ1) is 11.1. The third-order valence-corrected chi connectivity index (χ3v) is 7.10. The lowest BCUT2D eigenvalue weighted by Crippen LogP contribution is -2.62. The lowest BCUT2D eigenvalue weighted by atomic mass is 9.48. The fourth-order valence-electron chi connectivity index (χ4n) is 5.04. The molecule has 2 aliphatic heterocycles. The highest BCUT2D eigenvalue weighted by Crippen LogP contribution is 2.64. The van der Waals surface area contributed by atoms with Crippen molar-refractivity contribution in [2.45, 2.75) is 82.9 Å². The van der Waals surface area contributed by atoms with Gasteiger partial charge in [-0.3, -0.25) is 0 Å². The van der Waals surface area contributed by atoms with Crippen molar-refractivity contribution in [2.24, 2.45) is 17.3 Å². The fraction of sp³-hybridized carbons (Fsp3) is 0.800. The van der Waals surface area contributed by atoms with Gasteiger partial charge in [-0.05, 0) is 76.9 Å². The summed E-state index contributed by atoms with van der Waals surface area (Å²) in [5.41, 5.74) is 0.465. The largest absolute Gasteiger partial charge is 0.366 e. The molecule has 4 nitrogen and oxygen atoms in total. The van der Waals surface area contributed by atoms with Gasteiger partial charge in [0, 0.05) is 5.41 Å². The number of fused-ring (bicyclic) bond motifs is 2. The molecule has 0 aromatic rings. The van der Waals surface area contributed by atoms with E-state index in [1.165, 1.54) is 5.57 Å². The molecule has 2 saturated carbocycles. The van der Waals surface area contributed by atoms with Crippen molar-refractivity contribution >= 4 is 0 Å². The molecule has 2 heterocycles. The lowest BCUT2D eigenvalue weighted by molar-refractivity contribution is -0.477. The van der Waals surface area contributed by atoms with Gasteiger partial charge in [0.15, 0.2) is 0 Å². The van der Waals surface area contributed by atoms with E-state index in [9.17, 15) is 5.11 Å². The van der Waals surface area contributed by atoms with E-state index in [0.717, 1.165) is 32.1 Å². The van der Waals surface area contributed by atoms with Crippen LogP contribution in [-0.2, 0) is 14.5 Å². The molecule has 0 bridgehead atoms. The summed E-state index contributed by atoms with van der Waals surface area (Å²) in [6.45, 7) is 12.5. The molecule has 6 atom stereocenters. The van der Waals surface area contributed by atoms with Gasteiger partial charge in [0.1, 0.15) is 5.60 Å². The summed E-state index contributed by atoms with van der Waals surface area (Å²) in [6, 6.07) is 0. The Morgan fingerprint density at radius 1 is 1.12 bits per heavy atom. The molecule has 4 heteroatoms. The second-order valence-electron chi connectivity index (χ2n) is 9.29. The Kier molecular flexibility index (Phi) is 3.45. The van der Waals surface area contributed by atoms with Gasteiger partial charge < -0.3 is 9.84 Å². The molecule has 24 heavy (non-hydrogen) atoms. The van der Waals surface area contributed by atoms with Gasteiger partial charge in [0.2, 0.25) is 5.79 Å². The van der Waals surface area contributed by atoms with Crippen LogP contribution in [0.4, 0.5) is 0 Å². The Hall–Kier alpha value is -0.680. The smallest absolute Gasteiger partial charge is 0.224 e. The SMILES string of the molecule is C=C1CC[C@@H]2O[C@@]2(C)CC[C@H]2[C@H]1C[C@]2(C)[C@]1(O)C=CC(C)(C)OO1. The van der Waals surface area contributed by atoms with Crippen LogP contribution < -0.4 is 0 Å². The van der Waals surface area contributed by atoms with Gasteiger partial charge in [-0.25, -0.2) is 4.89 Å². The van der Waals surface area contributed by atoms with E-state index in [2.05, 4.69) is 20.4 Å². The zero-order chi connectivity index (χ0) is 17.4. The number of allylic oxidation sites excluding steroid dienone is 1. The molecule has 134 valence electrons. The molecule has 0 amide bonds. The van der Waals surface area contributed by atoms with Crippen LogP contribution in [0.1, 0.15) is 59.8 Å². The average Bonchev–Trinajstić information content (AvgIpc) is 3.14. The maximum atomic E-state index is 11.2. The van der Waals surface area contributed by atoms with E-state index < -0.39 is 11.4 Å². The molecule has 0 unspecified atom stereocenters. The molecule has 0 aromatic heterocycles. The van der Waals surface area contributed by atoms with Crippen molar-refractivity contribution in [3.05, 3.63) is 24.3 Å². The zero-order valence-electron chi connectivity index (χ0n) is 15.3. The van der Waals surface area contributed by atoms with E-state index in [1.54, 1.807) is 6.08 Å². The minimum atomic E-state index is -1.37. The maximum Gasteiger partial charge on any atom is 0.224 e. The predicted octanol–water partition coefficient (Wildman–Crippen LogP) is 3.90. The van der Waals surface area contributed by atoms with Gasteiger partial charge in [-0.2, -0.15) is 4.89 Å². The second kappa shape index (κ2) is 4.94. The Morgan fingerprint density at radius 2 is 1.88 bits per heavy atom. The summed E-state index contributed by atoms with van der Waals surface area (Å²) >= 11 is 0. The van der Waals surface area contributed by atoms with Crippen molar-refractivity contribution in [1.82, 2.24) is 0 Å². The number of rotatable bonds is 1. The molecular formula is C20H30O4. The quantitative estimate of drug-likeness (QED) is 0.449. The topological polar surface area (TPSA) is 51.2 Å². The highest BCUT2D eigenvalue weighted by atomic mass is 17.2. The Balaban J connectivity index is 1.59. The normalized spacial score (nSPS) is 53.0. The first-order valence-corrected chi connectivity index (χ1v) is 9.24. The molecule has 0 spiro atoms. The highest BCUT2D eigenvalue weighted by Gasteiger charge is 2.65. The molecule has 2 aliphatic carbocycles. The fourth-order valence-corrected chi connectivity index (χ4v) is 5.04. The van der Waals surface area contributed by atoms with Crippen LogP contribution in [0.25, 0.3) is 0 Å². The lowest BCUT2D eigenvalue weighted by Gasteiger charge is -2.60. The summed E-state index contributed by atoms with van der Waals surface area (Å²) < 4.78 is 5.93. The number of ether oxygens (including phenoxy) is 1. The van der Waals surface area contributed by atoms with E-state index in [0.29, 0.717) is 17.9 Å². The van der Waals surface area contributed by atoms with Gasteiger partial charge in [0.25, 0.3) is 0 Å². The highest BCUT2D eigenvalue weighted by molar-refractivity contribution is 5.23. The molecule has 1 saturated heterocycles. The Bertz CT molecular complexity index is 596. The van der Waals surface area contributed by atoms with Crippen LogP contribution in [0, 0.1) is 17.3 Å². The van der Waals surface area contributed by atoms with Gasteiger partial charge in [0.05, 0.1) is 11.7 Å². The van der Waals surface area contributed by atoms with Crippen molar-refractivity contribution in [2.75, 3.05) is 0 Å². The summed E-state index contributed by atoms with van der Waals surface area (Å²) in [5, 5.41) is 11.2. The third-order valence-electron chi connectivity index (χ3n) is 7.10. The summed E-state index contributed by atoms with van der Waals surface area (Å²) in [7, 11) is 0. The van der Waals surface area contributed by atoms with E-state index in [4.69, 9.17) is 14.5 Å². The number of aliphatic hydroxyl groups is 1. The van der Waals surface area contributed by atoms with E-state index in [-0.39, 0.29) is 11.0 Å². The van der Waals surface area contributed by atoms with E-state index >= 15 is 0 Å². The minimum Gasteiger partial charge on any atom is -0.366 e. The predicted molar refractivity (Wildman–Crippen MR) is 90.9 cm³/mol. The molecule has 1 N–H and O–H groups in total. The molecule has 4 rings (SSSR count). The maximum absolute atomic E-state index is 11.2. The van der Waals surface area contributed by atoms with Gasteiger partial charge >= 0.3 is 0 Å². The standard InChI is InChI=1S/C20H30O4/c1-13-6-7-16-19(5,22-16)9-8-15-14(13)12-18(15,4)20(21)11-10-17(2,3)23-24-20/h10-11,14-16,21H,1,6-9,12H2,2-5H3/t14-,15-,16-,18-,19-,20-/m0/s1. The van der Waals surface area contributed by atoms with Crippen LogP contribution in [0.15, 0.2) is 24.3 Å². The first-order valence-electron chi connectivity index (χ1n) is 9.24. The number of hydrogen-bond acceptors (Lipinski definition) is 4. The number of hydrogen-bond donors (Lipinski definition) is 1. The summed E-state index contributed by atoms with van der Waals surface area (Å²) in [5.74, 6) is -0.570. The third kappa shape index (κ3) is 2.34. The molecular weight excluding hydrogens is 304 g/mol. The number of epoxide rings is 1. The van der Waals surface area contributed by atoms with Gasteiger partial charge in [-0.15, -0.1) is 0 Å². The van der Waals surface area contributed by atoms with Crippen molar-refractivity contribution in [3.8, 4) is 0 Å². The van der Waals surface area contributed by atoms with Crippen LogP contribution in [0.2, 0.25) is 0 Å². The summed E-state index contributed by atoms with van der Waals surface area (Å²) in [4.78, 5) is 11.0. The zero-order valence-corrected chi connectivity index (χ0v) is 15.3. The second-order valence-corrected chi connectivity index (χ2v) is 9.29. The molecule has 3 fully saturated rings. The van der Waals surface area contributed by atoms with Crippen molar-refractivity contribution in [3.63, 3.8) is 0 Å². The average molecular weight is 334 g/mol. The van der Waals surface area contributed by atoms with E-state index in [1.807, 2.05) is 19.9 Å². The molecule has 0 aromatic carbocycles. The Morgan fingerprint density at radius 3 is 2.54 bits per heavy atom. The minimum absolute atomic E-state index is 0.0239. The van der Waals surface area contributed by atoms with Crippen LogP contribution in [-0.4, -0.2) is 28.2 Å².